The van der Waals surface area contributed by atoms with Crippen LogP contribution < -0.4 is 0 Å². The number of carbonyl (C=O) groups is 2. The number of hydrogen-bond acceptors (Lipinski definition) is 4. The average Bonchev–Trinajstić information content (AvgIpc) is 2.81. The molecule has 0 spiro atoms. The van der Waals surface area contributed by atoms with Crippen molar-refractivity contribution in [1.82, 2.24) is 0 Å². The van der Waals surface area contributed by atoms with E-state index in [1.165, 1.54) is 13.8 Å². The Morgan fingerprint density at radius 3 is 1.09 bits per heavy atom. The van der Waals surface area contributed by atoms with Crippen LogP contribution in [0.3, 0.4) is 0 Å². The van der Waals surface area contributed by atoms with Crippen molar-refractivity contribution in [2.75, 3.05) is 13.2 Å². The predicted molar refractivity (Wildman–Crippen MR) is 119 cm³/mol. The zero-order valence-electron chi connectivity index (χ0n) is 17.9. The Hall–Kier alpha value is -3.54. The number of halogens is 2. The third-order valence-corrected chi connectivity index (χ3v) is 4.68. The Bertz CT molecular complexity index is 954. The van der Waals surface area contributed by atoms with Gasteiger partial charge in [0.15, 0.2) is 0 Å². The molecule has 0 aliphatic carbocycles. The van der Waals surface area contributed by atoms with Gasteiger partial charge < -0.3 is 9.47 Å². The van der Waals surface area contributed by atoms with Gasteiger partial charge in [0.1, 0.15) is 25.6 Å². The van der Waals surface area contributed by atoms with Gasteiger partial charge in [-0.15, -0.1) is 0 Å². The van der Waals surface area contributed by atoms with Crippen LogP contribution in [0.15, 0.2) is 72.8 Å². The summed E-state index contributed by atoms with van der Waals surface area (Å²) >= 11 is 0. The smallest absolute Gasteiger partial charge is 0.338 e. The van der Waals surface area contributed by atoms with Crippen molar-refractivity contribution in [2.45, 2.75) is 26.2 Å². The number of carbonyl (C=O) groups excluding carboxylic acids is 2. The van der Waals surface area contributed by atoms with Crippen LogP contribution in [0.4, 0.5) is 8.78 Å². The molecule has 0 fully saturated rings. The molecule has 0 heterocycles. The van der Waals surface area contributed by atoms with E-state index in [1.54, 1.807) is 24.3 Å². The molecular formula is C26H24F2O4. The Balaban J connectivity index is 1.66. The van der Waals surface area contributed by atoms with Gasteiger partial charge in [-0.2, -0.15) is 0 Å². The normalized spacial score (nSPS) is 12.6. The van der Waals surface area contributed by atoms with Gasteiger partial charge in [0, 0.05) is 0 Å². The lowest BCUT2D eigenvalue weighted by molar-refractivity contribution is 0.0409. The van der Waals surface area contributed by atoms with Crippen LogP contribution in [0, 0.1) is 0 Å². The van der Waals surface area contributed by atoms with Gasteiger partial charge >= 0.3 is 11.9 Å². The van der Waals surface area contributed by atoms with Crippen molar-refractivity contribution in [3.05, 3.63) is 83.9 Å². The minimum Gasteiger partial charge on any atom is -0.459 e. The molecule has 3 aromatic carbocycles. The SMILES string of the molecule is C[C@H](F)COC(=O)c1ccc(-c2ccc(-c3ccc(C(=O)OC[C@H](C)F)cc3)cc2)cc1. The van der Waals surface area contributed by atoms with E-state index in [9.17, 15) is 18.4 Å². The largest absolute Gasteiger partial charge is 0.459 e. The minimum absolute atomic E-state index is 0.263. The van der Waals surface area contributed by atoms with Gasteiger partial charge in [0.2, 0.25) is 0 Å². The van der Waals surface area contributed by atoms with Gasteiger partial charge in [-0.25, -0.2) is 18.4 Å². The summed E-state index contributed by atoms with van der Waals surface area (Å²) in [5.41, 5.74) is 4.51. The maximum Gasteiger partial charge on any atom is 0.338 e. The quantitative estimate of drug-likeness (QED) is 0.402. The number of esters is 2. The average molecular weight is 438 g/mol. The topological polar surface area (TPSA) is 52.6 Å². The molecule has 166 valence electrons. The van der Waals surface area contributed by atoms with E-state index in [0.29, 0.717) is 11.1 Å². The van der Waals surface area contributed by atoms with Crippen LogP contribution in [0.1, 0.15) is 34.6 Å². The molecule has 4 nitrogen and oxygen atoms in total. The molecule has 0 aliphatic heterocycles. The van der Waals surface area contributed by atoms with Crippen molar-refractivity contribution in [3.63, 3.8) is 0 Å². The first-order valence-electron chi connectivity index (χ1n) is 10.3. The Labute approximate surface area is 185 Å². The van der Waals surface area contributed by atoms with Crippen LogP contribution in [0.5, 0.6) is 0 Å². The monoisotopic (exact) mass is 438 g/mol. The molecule has 0 unspecified atom stereocenters. The van der Waals surface area contributed by atoms with Gasteiger partial charge in [-0.1, -0.05) is 48.5 Å². The lowest BCUT2D eigenvalue weighted by Crippen LogP contribution is -2.12. The molecule has 0 radical (unpaired) electrons. The second-order valence-electron chi connectivity index (χ2n) is 7.49. The van der Waals surface area contributed by atoms with Crippen molar-refractivity contribution in [3.8, 4) is 22.3 Å². The highest BCUT2D eigenvalue weighted by molar-refractivity contribution is 5.91. The fourth-order valence-electron chi connectivity index (χ4n) is 3.00. The molecule has 6 heteroatoms. The first kappa shape index (κ1) is 23.1. The number of alkyl halides is 2. The predicted octanol–water partition coefficient (Wildman–Crippen LogP) is 6.05. The fourth-order valence-corrected chi connectivity index (χ4v) is 3.00. The van der Waals surface area contributed by atoms with Gasteiger partial charge in [-0.05, 0) is 60.4 Å². The summed E-state index contributed by atoms with van der Waals surface area (Å²) in [6.07, 6.45) is -2.40. The molecule has 0 N–H and O–H groups in total. The van der Waals surface area contributed by atoms with Gasteiger partial charge in [0.25, 0.3) is 0 Å². The van der Waals surface area contributed by atoms with E-state index in [2.05, 4.69) is 0 Å². The van der Waals surface area contributed by atoms with Crippen molar-refractivity contribution in [1.29, 1.82) is 0 Å². The third kappa shape index (κ3) is 6.23. The number of ether oxygens (including phenoxy) is 2. The standard InChI is InChI=1S/C26H24F2O4/c1-17(27)15-31-25(29)23-11-7-21(8-12-23)19-3-5-20(6-4-19)22-9-13-24(14-10-22)26(30)32-16-18(2)28/h3-14,17-18H,15-16H2,1-2H3/t17-,18-/m0/s1. The van der Waals surface area contributed by atoms with Crippen LogP contribution in [-0.2, 0) is 9.47 Å². The van der Waals surface area contributed by atoms with E-state index < -0.39 is 24.3 Å². The van der Waals surface area contributed by atoms with Crippen LogP contribution in [-0.4, -0.2) is 37.5 Å². The second kappa shape index (κ2) is 10.7. The molecule has 0 bridgehead atoms. The summed E-state index contributed by atoms with van der Waals surface area (Å²) in [4.78, 5) is 23.8. The molecule has 2 atom stereocenters. The third-order valence-electron chi connectivity index (χ3n) is 4.68. The highest BCUT2D eigenvalue weighted by atomic mass is 19.1. The van der Waals surface area contributed by atoms with E-state index in [1.807, 2.05) is 48.5 Å². The molecule has 3 aromatic rings. The fraction of sp³-hybridized carbons (Fsp3) is 0.231. The summed E-state index contributed by atoms with van der Waals surface area (Å²) in [5.74, 6) is -1.11. The first-order valence-corrected chi connectivity index (χ1v) is 10.3. The van der Waals surface area contributed by atoms with Crippen molar-refractivity contribution in [2.24, 2.45) is 0 Å². The molecule has 0 aromatic heterocycles. The Morgan fingerprint density at radius 1 is 0.594 bits per heavy atom. The second-order valence-corrected chi connectivity index (χ2v) is 7.49. The molecule has 0 saturated carbocycles. The molecular weight excluding hydrogens is 414 g/mol. The highest BCUT2D eigenvalue weighted by Crippen LogP contribution is 2.26. The molecule has 32 heavy (non-hydrogen) atoms. The zero-order chi connectivity index (χ0) is 23.1. The molecule has 0 saturated heterocycles. The van der Waals surface area contributed by atoms with Crippen LogP contribution >= 0.6 is 0 Å². The number of rotatable bonds is 8. The van der Waals surface area contributed by atoms with E-state index in [4.69, 9.17) is 9.47 Å². The highest BCUT2D eigenvalue weighted by Gasteiger charge is 2.11. The van der Waals surface area contributed by atoms with Crippen LogP contribution in [0.2, 0.25) is 0 Å². The Morgan fingerprint density at radius 2 is 0.844 bits per heavy atom. The van der Waals surface area contributed by atoms with Gasteiger partial charge in [-0.3, -0.25) is 0 Å². The number of hydrogen-bond donors (Lipinski definition) is 0. The van der Waals surface area contributed by atoms with Crippen molar-refractivity contribution >= 4 is 11.9 Å². The van der Waals surface area contributed by atoms with Gasteiger partial charge in [0.05, 0.1) is 11.1 Å². The summed E-state index contributed by atoms with van der Waals surface area (Å²) in [6.45, 7) is 2.14. The van der Waals surface area contributed by atoms with Crippen molar-refractivity contribution < 1.29 is 27.8 Å². The minimum atomic E-state index is -1.20. The lowest BCUT2D eigenvalue weighted by atomic mass is 9.99. The molecule has 3 rings (SSSR count). The first-order chi connectivity index (χ1) is 15.3. The lowest BCUT2D eigenvalue weighted by Gasteiger charge is -2.08. The molecule has 0 aliphatic rings. The molecule has 0 amide bonds. The summed E-state index contributed by atoms with van der Waals surface area (Å²) < 4.78 is 35.4. The Kier molecular flexibility index (Phi) is 7.71. The maximum absolute atomic E-state index is 12.8. The number of benzene rings is 3. The van der Waals surface area contributed by atoms with E-state index >= 15 is 0 Å². The summed E-state index contributed by atoms with van der Waals surface area (Å²) in [7, 11) is 0. The maximum atomic E-state index is 12.8. The zero-order valence-corrected chi connectivity index (χ0v) is 17.9. The summed E-state index contributed by atoms with van der Waals surface area (Å²) in [6, 6.07) is 21.7. The summed E-state index contributed by atoms with van der Waals surface area (Å²) in [5, 5.41) is 0. The van der Waals surface area contributed by atoms with E-state index in [-0.39, 0.29) is 13.2 Å². The van der Waals surface area contributed by atoms with E-state index in [0.717, 1.165) is 22.3 Å². The van der Waals surface area contributed by atoms with Crippen LogP contribution in [0.25, 0.3) is 22.3 Å².